The molecule has 0 aliphatic heterocycles. The second-order valence-electron chi connectivity index (χ2n) is 4.19. The number of hydrogen-bond donors (Lipinski definition) is 1. The molecule has 0 fully saturated rings. The maximum atomic E-state index is 12.4. The van der Waals surface area contributed by atoms with Gasteiger partial charge < -0.3 is 10.0 Å². The van der Waals surface area contributed by atoms with E-state index in [0.29, 0.717) is 18.7 Å². The zero-order valence-corrected chi connectivity index (χ0v) is 10.8. The molecule has 0 saturated heterocycles. The second-order valence-corrected chi connectivity index (χ2v) is 4.19. The normalized spacial score (nSPS) is 10.2. The number of benzene rings is 1. The van der Waals surface area contributed by atoms with Crippen molar-refractivity contribution < 1.29 is 9.90 Å². The number of phenols is 1. The van der Waals surface area contributed by atoms with Crippen LogP contribution in [0.15, 0.2) is 48.8 Å². The third-order valence-corrected chi connectivity index (χ3v) is 2.93. The van der Waals surface area contributed by atoms with E-state index >= 15 is 0 Å². The van der Waals surface area contributed by atoms with Gasteiger partial charge in [0.15, 0.2) is 0 Å². The van der Waals surface area contributed by atoms with Crippen LogP contribution in [0.2, 0.25) is 0 Å². The van der Waals surface area contributed by atoms with Crippen LogP contribution >= 0.6 is 0 Å². The van der Waals surface area contributed by atoms with Crippen molar-refractivity contribution in [2.45, 2.75) is 13.5 Å². The fourth-order valence-electron chi connectivity index (χ4n) is 1.86. The van der Waals surface area contributed by atoms with Gasteiger partial charge in [-0.25, -0.2) is 0 Å². The summed E-state index contributed by atoms with van der Waals surface area (Å²) < 4.78 is 0. The van der Waals surface area contributed by atoms with Gasteiger partial charge in [-0.2, -0.15) is 0 Å². The van der Waals surface area contributed by atoms with E-state index in [1.165, 1.54) is 6.07 Å². The number of carbonyl (C=O) groups excluding carboxylic acids is 1. The standard InChI is InChI=1S/C15H16N2O2/c1-2-17(11-12-7-9-16-10-8-12)15(19)13-5-3-4-6-14(13)18/h3-10,18H,2,11H2,1H3. The number of rotatable bonds is 4. The Labute approximate surface area is 112 Å². The Balaban J connectivity index is 2.18. The maximum Gasteiger partial charge on any atom is 0.257 e. The van der Waals surface area contributed by atoms with E-state index in [0.717, 1.165) is 5.56 Å². The molecule has 98 valence electrons. The largest absolute Gasteiger partial charge is 0.507 e. The van der Waals surface area contributed by atoms with Gasteiger partial charge in [-0.05, 0) is 36.8 Å². The number of carbonyl (C=O) groups is 1. The summed E-state index contributed by atoms with van der Waals surface area (Å²) in [5, 5.41) is 9.73. The lowest BCUT2D eigenvalue weighted by Gasteiger charge is -2.21. The van der Waals surface area contributed by atoms with Crippen LogP contribution in [0.4, 0.5) is 0 Å². The smallest absolute Gasteiger partial charge is 0.257 e. The number of hydrogen-bond acceptors (Lipinski definition) is 3. The van der Waals surface area contributed by atoms with Gasteiger partial charge >= 0.3 is 0 Å². The molecule has 1 N–H and O–H groups in total. The van der Waals surface area contributed by atoms with Crippen LogP contribution in [0, 0.1) is 0 Å². The molecule has 0 spiro atoms. The SMILES string of the molecule is CCN(Cc1ccncc1)C(=O)c1ccccc1O. The molecule has 1 aromatic carbocycles. The zero-order valence-electron chi connectivity index (χ0n) is 10.8. The lowest BCUT2D eigenvalue weighted by atomic mass is 10.1. The van der Waals surface area contributed by atoms with Gasteiger partial charge in [0.05, 0.1) is 5.56 Å². The second kappa shape index (κ2) is 6.00. The number of phenolic OH excluding ortho intramolecular Hbond substituents is 1. The molecule has 2 rings (SSSR count). The number of para-hydroxylation sites is 1. The Hall–Kier alpha value is -2.36. The van der Waals surface area contributed by atoms with E-state index in [1.807, 2.05) is 19.1 Å². The molecule has 0 saturated carbocycles. The molecule has 0 bridgehead atoms. The minimum Gasteiger partial charge on any atom is -0.507 e. The Bertz CT molecular complexity index is 555. The number of pyridine rings is 1. The number of aromatic nitrogens is 1. The highest BCUT2D eigenvalue weighted by Crippen LogP contribution is 2.18. The van der Waals surface area contributed by atoms with Crippen LogP contribution in [-0.4, -0.2) is 27.4 Å². The highest BCUT2D eigenvalue weighted by molar-refractivity contribution is 5.96. The van der Waals surface area contributed by atoms with Crippen LogP contribution in [-0.2, 0) is 6.54 Å². The molecule has 0 unspecified atom stereocenters. The monoisotopic (exact) mass is 256 g/mol. The van der Waals surface area contributed by atoms with Crippen LogP contribution in [0.25, 0.3) is 0 Å². The van der Waals surface area contributed by atoms with Crippen LogP contribution in [0.5, 0.6) is 5.75 Å². The predicted molar refractivity (Wildman–Crippen MR) is 72.8 cm³/mol. The Morgan fingerprint density at radius 2 is 1.89 bits per heavy atom. The van der Waals surface area contributed by atoms with Crippen molar-refractivity contribution in [3.63, 3.8) is 0 Å². The van der Waals surface area contributed by atoms with E-state index in [9.17, 15) is 9.90 Å². The minimum absolute atomic E-state index is 0.0145. The van der Waals surface area contributed by atoms with Gasteiger partial charge in [-0.15, -0.1) is 0 Å². The number of nitrogens with zero attached hydrogens (tertiary/aromatic N) is 2. The summed E-state index contributed by atoms with van der Waals surface area (Å²) in [4.78, 5) is 18.0. The van der Waals surface area contributed by atoms with Crippen molar-refractivity contribution in [1.82, 2.24) is 9.88 Å². The quantitative estimate of drug-likeness (QED) is 0.914. The Kier molecular flexibility index (Phi) is 4.13. The third-order valence-electron chi connectivity index (χ3n) is 2.93. The van der Waals surface area contributed by atoms with E-state index in [1.54, 1.807) is 35.5 Å². The first-order valence-corrected chi connectivity index (χ1v) is 6.18. The van der Waals surface area contributed by atoms with Crippen molar-refractivity contribution >= 4 is 5.91 Å². The fraction of sp³-hybridized carbons (Fsp3) is 0.200. The average Bonchev–Trinajstić information content (AvgIpc) is 2.46. The lowest BCUT2D eigenvalue weighted by molar-refractivity contribution is 0.0749. The van der Waals surface area contributed by atoms with Gasteiger partial charge in [-0.1, -0.05) is 12.1 Å². The van der Waals surface area contributed by atoms with Gasteiger partial charge in [0, 0.05) is 25.5 Å². The molecule has 4 nitrogen and oxygen atoms in total. The third kappa shape index (κ3) is 3.10. The van der Waals surface area contributed by atoms with Crippen molar-refractivity contribution in [3.8, 4) is 5.75 Å². The molecule has 0 aliphatic carbocycles. The molecule has 0 radical (unpaired) electrons. The van der Waals surface area contributed by atoms with Gasteiger partial charge in [-0.3, -0.25) is 9.78 Å². The van der Waals surface area contributed by atoms with Crippen LogP contribution in [0.1, 0.15) is 22.8 Å². The molecule has 0 atom stereocenters. The van der Waals surface area contributed by atoms with Gasteiger partial charge in [0.1, 0.15) is 5.75 Å². The number of amides is 1. The predicted octanol–water partition coefficient (Wildman–Crippen LogP) is 2.45. The summed E-state index contributed by atoms with van der Waals surface area (Å²) in [7, 11) is 0. The average molecular weight is 256 g/mol. The van der Waals surface area contributed by atoms with Gasteiger partial charge in [0.25, 0.3) is 5.91 Å². The molecule has 1 aromatic heterocycles. The van der Waals surface area contributed by atoms with E-state index in [2.05, 4.69) is 4.98 Å². The molecule has 2 aromatic rings. The van der Waals surface area contributed by atoms with E-state index in [-0.39, 0.29) is 11.7 Å². The Morgan fingerprint density at radius 3 is 2.53 bits per heavy atom. The van der Waals surface area contributed by atoms with Crippen molar-refractivity contribution in [2.24, 2.45) is 0 Å². The summed E-state index contributed by atoms with van der Waals surface area (Å²) in [6, 6.07) is 10.3. The lowest BCUT2D eigenvalue weighted by Crippen LogP contribution is -2.30. The first-order chi connectivity index (χ1) is 9.22. The van der Waals surface area contributed by atoms with Crippen LogP contribution in [0.3, 0.4) is 0 Å². The molecule has 0 aliphatic rings. The highest BCUT2D eigenvalue weighted by atomic mass is 16.3. The molecule has 4 heteroatoms. The molecular formula is C15H16N2O2. The first kappa shape index (κ1) is 13.1. The van der Waals surface area contributed by atoms with Crippen molar-refractivity contribution in [3.05, 3.63) is 59.9 Å². The summed E-state index contributed by atoms with van der Waals surface area (Å²) >= 11 is 0. The summed E-state index contributed by atoms with van der Waals surface area (Å²) in [6.07, 6.45) is 3.40. The van der Waals surface area contributed by atoms with E-state index in [4.69, 9.17) is 0 Å². The number of aromatic hydroxyl groups is 1. The highest BCUT2D eigenvalue weighted by Gasteiger charge is 2.17. The molecular weight excluding hydrogens is 240 g/mol. The molecule has 1 amide bonds. The van der Waals surface area contributed by atoms with Crippen molar-refractivity contribution in [2.75, 3.05) is 6.54 Å². The first-order valence-electron chi connectivity index (χ1n) is 6.18. The molecule has 1 heterocycles. The summed E-state index contributed by atoms with van der Waals surface area (Å²) in [5.74, 6) is -0.155. The zero-order chi connectivity index (χ0) is 13.7. The molecule has 19 heavy (non-hydrogen) atoms. The van der Waals surface area contributed by atoms with Crippen molar-refractivity contribution in [1.29, 1.82) is 0 Å². The minimum atomic E-state index is -0.169. The van der Waals surface area contributed by atoms with Crippen LogP contribution < -0.4 is 0 Å². The van der Waals surface area contributed by atoms with E-state index < -0.39 is 0 Å². The topological polar surface area (TPSA) is 53.4 Å². The summed E-state index contributed by atoms with van der Waals surface area (Å²) in [5.41, 5.74) is 1.35. The fourth-order valence-corrected chi connectivity index (χ4v) is 1.86. The Morgan fingerprint density at radius 1 is 1.21 bits per heavy atom. The summed E-state index contributed by atoms with van der Waals surface area (Å²) in [6.45, 7) is 3.00. The maximum absolute atomic E-state index is 12.4. The van der Waals surface area contributed by atoms with Gasteiger partial charge in [0.2, 0.25) is 0 Å².